The standard InChI is InChI=1S/C17H19Cl2N/c1-11-4-5-13(8-12(11)2)9-17(20-3)15-10-14(18)6-7-16(15)19/h4-8,10,17,20H,9H2,1-3H3. The molecule has 0 spiro atoms. The highest BCUT2D eigenvalue weighted by Gasteiger charge is 2.14. The molecule has 0 heterocycles. The molecule has 3 heteroatoms. The molecular weight excluding hydrogens is 289 g/mol. The van der Waals surface area contributed by atoms with E-state index in [2.05, 4.69) is 37.4 Å². The number of hydrogen-bond donors (Lipinski definition) is 1. The minimum absolute atomic E-state index is 0.156. The number of rotatable bonds is 4. The van der Waals surface area contributed by atoms with E-state index in [0.717, 1.165) is 17.0 Å². The van der Waals surface area contributed by atoms with E-state index in [4.69, 9.17) is 23.2 Å². The van der Waals surface area contributed by atoms with E-state index in [-0.39, 0.29) is 6.04 Å². The lowest BCUT2D eigenvalue weighted by molar-refractivity contribution is 0.592. The van der Waals surface area contributed by atoms with Gasteiger partial charge in [0.05, 0.1) is 0 Å². The van der Waals surface area contributed by atoms with Crippen LogP contribution in [0.5, 0.6) is 0 Å². The van der Waals surface area contributed by atoms with Crippen molar-refractivity contribution in [3.8, 4) is 0 Å². The van der Waals surface area contributed by atoms with Crippen molar-refractivity contribution in [2.45, 2.75) is 26.3 Å². The summed E-state index contributed by atoms with van der Waals surface area (Å²) in [5.74, 6) is 0. The molecule has 0 aliphatic rings. The van der Waals surface area contributed by atoms with Gasteiger partial charge in [0.15, 0.2) is 0 Å². The van der Waals surface area contributed by atoms with Crippen molar-refractivity contribution in [2.24, 2.45) is 0 Å². The smallest absolute Gasteiger partial charge is 0.0454 e. The van der Waals surface area contributed by atoms with Crippen molar-refractivity contribution in [1.29, 1.82) is 0 Å². The van der Waals surface area contributed by atoms with E-state index in [0.29, 0.717) is 5.02 Å². The average Bonchev–Trinajstić information content (AvgIpc) is 2.43. The molecule has 0 aliphatic carbocycles. The molecule has 2 aromatic carbocycles. The number of hydrogen-bond acceptors (Lipinski definition) is 1. The van der Waals surface area contributed by atoms with E-state index < -0.39 is 0 Å². The zero-order valence-corrected chi connectivity index (χ0v) is 13.5. The lowest BCUT2D eigenvalue weighted by Crippen LogP contribution is -2.19. The highest BCUT2D eigenvalue weighted by atomic mass is 35.5. The molecule has 1 unspecified atom stereocenters. The van der Waals surface area contributed by atoms with Crippen LogP contribution in [0, 0.1) is 13.8 Å². The zero-order chi connectivity index (χ0) is 14.7. The maximum absolute atomic E-state index is 6.29. The van der Waals surface area contributed by atoms with Crippen LogP contribution in [0.25, 0.3) is 0 Å². The Bertz CT molecular complexity index is 608. The predicted molar refractivity (Wildman–Crippen MR) is 87.9 cm³/mol. The molecule has 0 radical (unpaired) electrons. The average molecular weight is 308 g/mol. The summed E-state index contributed by atoms with van der Waals surface area (Å²) in [4.78, 5) is 0. The first-order valence-corrected chi connectivity index (χ1v) is 7.45. The molecule has 20 heavy (non-hydrogen) atoms. The summed E-state index contributed by atoms with van der Waals surface area (Å²) in [5, 5.41) is 4.79. The molecule has 1 nitrogen and oxygen atoms in total. The Hall–Kier alpha value is -1.02. The summed E-state index contributed by atoms with van der Waals surface area (Å²) in [6, 6.07) is 12.3. The summed E-state index contributed by atoms with van der Waals surface area (Å²) in [6.07, 6.45) is 0.887. The Balaban J connectivity index is 2.28. The van der Waals surface area contributed by atoms with Crippen LogP contribution in [0.1, 0.15) is 28.3 Å². The van der Waals surface area contributed by atoms with Crippen LogP contribution in [-0.4, -0.2) is 7.05 Å². The number of benzene rings is 2. The Morgan fingerprint density at radius 3 is 2.40 bits per heavy atom. The minimum atomic E-state index is 0.156. The Labute approximate surface area is 130 Å². The number of halogens is 2. The van der Waals surface area contributed by atoms with Gasteiger partial charge in [-0.1, -0.05) is 41.4 Å². The second-order valence-electron chi connectivity index (χ2n) is 5.13. The summed E-state index contributed by atoms with van der Waals surface area (Å²) in [7, 11) is 1.95. The van der Waals surface area contributed by atoms with Crippen molar-refractivity contribution >= 4 is 23.2 Å². The van der Waals surface area contributed by atoms with Crippen molar-refractivity contribution in [3.63, 3.8) is 0 Å². The number of likely N-dealkylation sites (N-methyl/N-ethyl adjacent to an activating group) is 1. The molecule has 0 fully saturated rings. The highest BCUT2D eigenvalue weighted by molar-refractivity contribution is 6.33. The third kappa shape index (κ3) is 3.54. The first-order chi connectivity index (χ1) is 9.51. The monoisotopic (exact) mass is 307 g/mol. The third-order valence-electron chi connectivity index (χ3n) is 3.69. The lowest BCUT2D eigenvalue weighted by atomic mass is 9.96. The van der Waals surface area contributed by atoms with Crippen LogP contribution in [0.4, 0.5) is 0 Å². The van der Waals surface area contributed by atoms with E-state index in [1.807, 2.05) is 25.2 Å². The quantitative estimate of drug-likeness (QED) is 0.827. The summed E-state index contributed by atoms with van der Waals surface area (Å²) >= 11 is 12.4. The van der Waals surface area contributed by atoms with E-state index in [9.17, 15) is 0 Å². The third-order valence-corrected chi connectivity index (χ3v) is 4.27. The fourth-order valence-corrected chi connectivity index (χ4v) is 2.75. The molecule has 0 amide bonds. The van der Waals surface area contributed by atoms with Gasteiger partial charge in [-0.25, -0.2) is 0 Å². The van der Waals surface area contributed by atoms with Gasteiger partial charge < -0.3 is 5.32 Å². The molecule has 0 aromatic heterocycles. The Morgan fingerprint density at radius 2 is 1.75 bits per heavy atom. The summed E-state index contributed by atoms with van der Waals surface area (Å²) < 4.78 is 0. The fourth-order valence-electron chi connectivity index (χ4n) is 2.32. The van der Waals surface area contributed by atoms with Gasteiger partial charge in [0.1, 0.15) is 0 Å². The maximum atomic E-state index is 6.29. The molecule has 0 aliphatic heterocycles. The minimum Gasteiger partial charge on any atom is -0.313 e. The molecule has 2 aromatic rings. The van der Waals surface area contributed by atoms with Gasteiger partial charge in [-0.15, -0.1) is 0 Å². The van der Waals surface area contributed by atoms with Crippen molar-refractivity contribution < 1.29 is 0 Å². The molecule has 0 saturated carbocycles. The molecule has 1 atom stereocenters. The maximum Gasteiger partial charge on any atom is 0.0454 e. The molecule has 106 valence electrons. The summed E-state index contributed by atoms with van der Waals surface area (Å²) in [5.41, 5.74) is 4.97. The zero-order valence-electron chi connectivity index (χ0n) is 12.0. The van der Waals surface area contributed by atoms with Crippen LogP contribution in [0.3, 0.4) is 0 Å². The molecular formula is C17H19Cl2N. The van der Waals surface area contributed by atoms with E-state index >= 15 is 0 Å². The summed E-state index contributed by atoms with van der Waals surface area (Å²) in [6.45, 7) is 4.27. The molecule has 0 saturated heterocycles. The first kappa shape index (κ1) is 15.4. The van der Waals surface area contributed by atoms with Gasteiger partial charge in [0.25, 0.3) is 0 Å². The second-order valence-corrected chi connectivity index (χ2v) is 5.97. The van der Waals surface area contributed by atoms with Gasteiger partial charge >= 0.3 is 0 Å². The van der Waals surface area contributed by atoms with E-state index in [1.54, 1.807) is 0 Å². The largest absolute Gasteiger partial charge is 0.313 e. The molecule has 0 bridgehead atoms. The molecule has 2 rings (SSSR count). The lowest BCUT2D eigenvalue weighted by Gasteiger charge is -2.19. The highest BCUT2D eigenvalue weighted by Crippen LogP contribution is 2.28. The van der Waals surface area contributed by atoms with E-state index in [1.165, 1.54) is 16.7 Å². The van der Waals surface area contributed by atoms with Crippen molar-refractivity contribution in [1.82, 2.24) is 5.32 Å². The number of nitrogens with one attached hydrogen (secondary N) is 1. The van der Waals surface area contributed by atoms with Crippen LogP contribution in [0.15, 0.2) is 36.4 Å². The van der Waals surface area contributed by atoms with Crippen LogP contribution in [-0.2, 0) is 6.42 Å². The van der Waals surface area contributed by atoms with Gasteiger partial charge in [-0.3, -0.25) is 0 Å². The van der Waals surface area contributed by atoms with Gasteiger partial charge in [-0.05, 0) is 67.8 Å². The SMILES string of the molecule is CNC(Cc1ccc(C)c(C)c1)c1cc(Cl)ccc1Cl. The van der Waals surface area contributed by atoms with Crippen LogP contribution < -0.4 is 5.32 Å². The second kappa shape index (κ2) is 6.62. The van der Waals surface area contributed by atoms with Crippen molar-refractivity contribution in [3.05, 3.63) is 68.7 Å². The Morgan fingerprint density at radius 1 is 1.00 bits per heavy atom. The Kier molecular flexibility index (Phi) is 5.09. The fraction of sp³-hybridized carbons (Fsp3) is 0.294. The van der Waals surface area contributed by atoms with Crippen LogP contribution >= 0.6 is 23.2 Å². The number of aryl methyl sites for hydroxylation is 2. The van der Waals surface area contributed by atoms with Gasteiger partial charge in [0, 0.05) is 16.1 Å². The van der Waals surface area contributed by atoms with Crippen molar-refractivity contribution in [2.75, 3.05) is 7.05 Å². The van der Waals surface area contributed by atoms with Gasteiger partial charge in [0.2, 0.25) is 0 Å². The normalized spacial score (nSPS) is 12.4. The van der Waals surface area contributed by atoms with Crippen LogP contribution in [0.2, 0.25) is 10.0 Å². The van der Waals surface area contributed by atoms with Gasteiger partial charge in [-0.2, -0.15) is 0 Å². The topological polar surface area (TPSA) is 12.0 Å². The molecule has 1 N–H and O–H groups in total. The predicted octanol–water partition coefficient (Wildman–Crippen LogP) is 5.11. The first-order valence-electron chi connectivity index (χ1n) is 6.69.